The molecule has 17 heteroatoms. The van der Waals surface area contributed by atoms with E-state index in [2.05, 4.69) is 0 Å². The minimum absolute atomic E-state index is 0.616. The number of rotatable bonds is 7. The highest BCUT2D eigenvalue weighted by molar-refractivity contribution is 5.93. The molecule has 2 bridgehead atoms. The number of ether oxygens (including phenoxy) is 8. The summed E-state index contributed by atoms with van der Waals surface area (Å²) in [6.07, 6.45) is -13.3. The normalized spacial score (nSPS) is 38.9. The molecule has 0 aromatic heterocycles. The van der Waals surface area contributed by atoms with Gasteiger partial charge in [-0.2, -0.15) is 0 Å². The van der Waals surface area contributed by atoms with Crippen molar-refractivity contribution in [1.29, 1.82) is 0 Å². The summed E-state index contributed by atoms with van der Waals surface area (Å²) in [5.74, 6) is -11.5. The molecule has 0 unspecified atom stereocenters. The van der Waals surface area contributed by atoms with Gasteiger partial charge >= 0.3 is 41.8 Å². The van der Waals surface area contributed by atoms with E-state index in [1.54, 1.807) is 13.8 Å². The highest BCUT2D eigenvalue weighted by Crippen LogP contribution is 2.58. The Hall–Kier alpha value is -4.12. The van der Waals surface area contributed by atoms with Crippen molar-refractivity contribution in [2.75, 3.05) is 0 Å². The highest BCUT2D eigenvalue weighted by atomic mass is 16.6. The van der Waals surface area contributed by atoms with Crippen molar-refractivity contribution in [3.05, 3.63) is 0 Å². The number of hydrogen-bond donors (Lipinski definition) is 1. The molecule has 2 heterocycles. The van der Waals surface area contributed by atoms with Crippen LogP contribution in [0.15, 0.2) is 0 Å². The molecular weight excluding hydrogens is 704 g/mol. The van der Waals surface area contributed by atoms with Crippen molar-refractivity contribution < 1.29 is 81.4 Å². The minimum Gasteiger partial charge on any atom is -0.459 e. The molecule has 53 heavy (non-hydrogen) atoms. The van der Waals surface area contributed by atoms with Gasteiger partial charge in [-0.3, -0.25) is 38.4 Å². The average molecular weight is 755 g/mol. The van der Waals surface area contributed by atoms with Gasteiger partial charge in [0.1, 0.15) is 11.7 Å². The van der Waals surface area contributed by atoms with Crippen LogP contribution >= 0.6 is 0 Å². The van der Waals surface area contributed by atoms with Crippen LogP contribution in [0.5, 0.6) is 0 Å². The van der Waals surface area contributed by atoms with Crippen LogP contribution < -0.4 is 0 Å². The predicted octanol–water partition coefficient (Wildman–Crippen LogP) is 1.44. The fraction of sp³-hybridized carbons (Fsp3) is 0.778. The van der Waals surface area contributed by atoms with Gasteiger partial charge in [0.15, 0.2) is 41.4 Å². The number of fused-ring (bicyclic) bond motifs is 5. The molecule has 0 aromatic rings. The number of esters is 7. The first kappa shape index (κ1) is 41.6. The third kappa shape index (κ3) is 7.77. The second-order valence-corrected chi connectivity index (χ2v) is 15.6. The number of ketones is 1. The van der Waals surface area contributed by atoms with Crippen LogP contribution in [0.4, 0.5) is 0 Å². The van der Waals surface area contributed by atoms with Crippen LogP contribution in [0, 0.1) is 23.2 Å². The zero-order chi connectivity index (χ0) is 40.2. The van der Waals surface area contributed by atoms with Gasteiger partial charge in [0.05, 0.1) is 24.0 Å². The van der Waals surface area contributed by atoms with E-state index < -0.39 is 150 Å². The zero-order valence-electron chi connectivity index (χ0n) is 31.9. The highest BCUT2D eigenvalue weighted by Gasteiger charge is 2.77. The van der Waals surface area contributed by atoms with E-state index in [0.717, 1.165) is 34.6 Å². The standard InChI is InChI=1S/C36H50O17/c1-15(2)32(44)51-31-25(46-17(4)37)30-33(9,10)29-24(50-29)16(3)26(43)36(53-21(8)41)14-34(11,52-20(7)40)27(47-18(5)38)23(36)28(48-19(6)39)35(31,45)13-12-22(42)49-30/h15-16,23-25,27-31,45H,12-14H2,1-11H3/t16-,23-,24-,25+,27-,28-,29+,30-,31-,34-,35-,36-/m1/s1. The molecule has 1 N–H and O–H groups in total. The Kier molecular flexibility index (Phi) is 11.5. The summed E-state index contributed by atoms with van der Waals surface area (Å²) >= 11 is 0. The van der Waals surface area contributed by atoms with E-state index in [4.69, 9.17) is 37.9 Å². The van der Waals surface area contributed by atoms with Crippen molar-refractivity contribution >= 4 is 47.6 Å². The molecule has 17 nitrogen and oxygen atoms in total. The van der Waals surface area contributed by atoms with Crippen LogP contribution in [0.2, 0.25) is 0 Å². The summed E-state index contributed by atoms with van der Waals surface area (Å²) in [6, 6.07) is 0. The third-order valence-corrected chi connectivity index (χ3v) is 10.6. The van der Waals surface area contributed by atoms with Gasteiger partial charge < -0.3 is 43.0 Å². The molecule has 296 valence electrons. The van der Waals surface area contributed by atoms with Crippen LogP contribution in [0.25, 0.3) is 0 Å². The van der Waals surface area contributed by atoms with Crippen LogP contribution in [0.1, 0.15) is 95.4 Å². The Morgan fingerprint density at radius 2 is 1.30 bits per heavy atom. The topological polar surface area (TPSA) is 234 Å². The molecule has 2 aliphatic carbocycles. The van der Waals surface area contributed by atoms with Crippen LogP contribution in [0.3, 0.4) is 0 Å². The van der Waals surface area contributed by atoms with E-state index in [1.165, 1.54) is 27.7 Å². The Morgan fingerprint density at radius 1 is 0.755 bits per heavy atom. The number of Topliss-reactive ketones (excluding diaryl/α,β-unsaturated/α-hetero) is 1. The number of carbonyl (C=O) groups is 8. The molecular formula is C36H50O17. The molecule has 0 aromatic carbocycles. The van der Waals surface area contributed by atoms with Gasteiger partial charge in [0.2, 0.25) is 0 Å². The van der Waals surface area contributed by atoms with Gasteiger partial charge in [0.25, 0.3) is 0 Å². The van der Waals surface area contributed by atoms with Gasteiger partial charge in [-0.05, 0) is 13.3 Å². The van der Waals surface area contributed by atoms with Crippen LogP contribution in [-0.4, -0.2) is 112 Å². The number of hydrogen-bond acceptors (Lipinski definition) is 17. The lowest BCUT2D eigenvalue weighted by atomic mass is 9.65. The summed E-state index contributed by atoms with van der Waals surface area (Å²) in [6.45, 7) is 14.1. The average Bonchev–Trinajstić information content (AvgIpc) is 3.78. The Labute approximate surface area is 306 Å². The maximum Gasteiger partial charge on any atom is 0.308 e. The monoisotopic (exact) mass is 754 g/mol. The van der Waals surface area contributed by atoms with Gasteiger partial charge in [0, 0.05) is 58.8 Å². The molecule has 4 fully saturated rings. The maximum absolute atomic E-state index is 15.2. The molecule has 0 spiro atoms. The first-order valence-electron chi connectivity index (χ1n) is 17.5. The Morgan fingerprint density at radius 3 is 1.81 bits per heavy atom. The van der Waals surface area contributed by atoms with E-state index in [1.807, 2.05) is 0 Å². The summed E-state index contributed by atoms with van der Waals surface area (Å²) in [4.78, 5) is 107. The van der Waals surface area contributed by atoms with Crippen LogP contribution in [-0.2, 0) is 76.3 Å². The molecule has 0 radical (unpaired) electrons. The predicted molar refractivity (Wildman–Crippen MR) is 175 cm³/mol. The maximum atomic E-state index is 15.2. The Bertz CT molecular complexity index is 1550. The molecule has 0 amide bonds. The lowest BCUT2D eigenvalue weighted by Crippen LogP contribution is -2.71. The van der Waals surface area contributed by atoms with Gasteiger partial charge in [-0.15, -0.1) is 0 Å². The lowest BCUT2D eigenvalue weighted by Gasteiger charge is -2.52. The smallest absolute Gasteiger partial charge is 0.308 e. The summed E-state index contributed by atoms with van der Waals surface area (Å²) in [7, 11) is 0. The summed E-state index contributed by atoms with van der Waals surface area (Å²) in [5.41, 5.74) is -8.70. The molecule has 2 saturated heterocycles. The van der Waals surface area contributed by atoms with E-state index in [0.29, 0.717) is 0 Å². The second kappa shape index (κ2) is 14.6. The number of epoxide rings is 1. The first-order chi connectivity index (χ1) is 24.3. The summed E-state index contributed by atoms with van der Waals surface area (Å²) in [5, 5.41) is 13.3. The molecule has 4 rings (SSSR count). The zero-order valence-corrected chi connectivity index (χ0v) is 31.9. The fourth-order valence-electron chi connectivity index (χ4n) is 8.47. The molecule has 2 saturated carbocycles. The minimum atomic E-state index is -2.83. The van der Waals surface area contributed by atoms with E-state index >= 15 is 4.79 Å². The number of carbonyl (C=O) groups excluding carboxylic acids is 8. The number of aliphatic hydroxyl groups is 1. The quantitative estimate of drug-likeness (QED) is 0.220. The first-order valence-corrected chi connectivity index (χ1v) is 17.5. The van der Waals surface area contributed by atoms with E-state index in [9.17, 15) is 38.7 Å². The van der Waals surface area contributed by atoms with Crippen molar-refractivity contribution in [3.8, 4) is 0 Å². The third-order valence-electron chi connectivity index (χ3n) is 10.6. The largest absolute Gasteiger partial charge is 0.459 e. The fourth-order valence-corrected chi connectivity index (χ4v) is 8.47. The molecule has 4 aliphatic rings. The van der Waals surface area contributed by atoms with Crippen molar-refractivity contribution in [2.24, 2.45) is 23.2 Å². The van der Waals surface area contributed by atoms with E-state index in [-0.39, 0.29) is 0 Å². The van der Waals surface area contributed by atoms with Gasteiger partial charge in [-0.1, -0.05) is 34.6 Å². The van der Waals surface area contributed by atoms with Crippen molar-refractivity contribution in [3.63, 3.8) is 0 Å². The molecule has 2 aliphatic heterocycles. The summed E-state index contributed by atoms with van der Waals surface area (Å²) < 4.78 is 47.2. The van der Waals surface area contributed by atoms with Crippen molar-refractivity contribution in [2.45, 2.75) is 155 Å². The van der Waals surface area contributed by atoms with Crippen molar-refractivity contribution in [1.82, 2.24) is 0 Å². The Balaban J connectivity index is 2.24. The molecule has 12 atom stereocenters. The van der Waals surface area contributed by atoms with Gasteiger partial charge in [-0.25, -0.2) is 0 Å². The lowest BCUT2D eigenvalue weighted by molar-refractivity contribution is -0.264. The second-order valence-electron chi connectivity index (χ2n) is 15.6. The SMILES string of the molecule is CC(=O)O[C@H]1[C@H]2OC(=O)CC[C@](O)([C@@H]1OC(=O)C(C)C)[C@H](OC(C)=O)[C@H]1[C@@H](OC(C)=O)[C@](C)(OC(C)=O)C[C@]1(OC(C)=O)C(=O)[C@H](C)[C@H]1O[C@@H]1C2(C)C.